The first-order valence-corrected chi connectivity index (χ1v) is 11.2. The van der Waals surface area contributed by atoms with E-state index in [2.05, 4.69) is 5.32 Å². The lowest BCUT2D eigenvalue weighted by Crippen LogP contribution is -2.43. The molecule has 1 saturated heterocycles. The fourth-order valence-corrected chi connectivity index (χ4v) is 6.00. The highest BCUT2D eigenvalue weighted by Crippen LogP contribution is 2.34. The lowest BCUT2D eigenvalue weighted by molar-refractivity contribution is -0.119. The topological polar surface area (TPSA) is 92.8 Å². The van der Waals surface area contributed by atoms with Crippen molar-refractivity contribution in [2.24, 2.45) is 0 Å². The van der Waals surface area contributed by atoms with E-state index in [1.807, 2.05) is 6.92 Å². The number of halogens is 1. The Bertz CT molecular complexity index is 1050. The molecule has 1 amide bonds. The molecule has 10 heteroatoms. The number of benzene rings is 1. The number of thiophene rings is 1. The zero-order chi connectivity index (χ0) is 21.3. The molecular formula is C19H21FN2O5S2. The fraction of sp³-hybridized carbons (Fsp3) is 0.368. The van der Waals surface area contributed by atoms with Gasteiger partial charge in [0.15, 0.2) is 0 Å². The molecule has 0 aliphatic carbocycles. The third-order valence-electron chi connectivity index (χ3n) is 4.94. The number of carbonyl (C=O) groups excluding carboxylic acids is 2. The maximum Gasteiger partial charge on any atom is 0.341 e. The first-order valence-electron chi connectivity index (χ1n) is 8.93. The van der Waals surface area contributed by atoms with Crippen molar-refractivity contribution in [2.45, 2.75) is 37.6 Å². The van der Waals surface area contributed by atoms with Crippen molar-refractivity contribution in [1.29, 1.82) is 0 Å². The Kier molecular flexibility index (Phi) is 6.06. The van der Waals surface area contributed by atoms with Crippen LogP contribution < -0.4 is 5.32 Å². The van der Waals surface area contributed by atoms with Gasteiger partial charge in [0.05, 0.1) is 17.6 Å². The van der Waals surface area contributed by atoms with Crippen LogP contribution in [0, 0.1) is 19.7 Å². The molecule has 1 fully saturated rings. The fourth-order valence-electron chi connectivity index (χ4n) is 3.29. The molecule has 1 aromatic heterocycles. The number of ether oxygens (including phenoxy) is 1. The molecule has 1 N–H and O–H groups in total. The summed E-state index contributed by atoms with van der Waals surface area (Å²) in [5, 5.41) is 3.04. The maximum atomic E-state index is 13.2. The molecule has 0 saturated carbocycles. The van der Waals surface area contributed by atoms with Crippen LogP contribution in [0.2, 0.25) is 0 Å². The molecule has 1 aliphatic heterocycles. The van der Waals surface area contributed by atoms with Gasteiger partial charge in [-0.2, -0.15) is 4.31 Å². The second-order valence-electron chi connectivity index (χ2n) is 6.70. The number of esters is 1. The van der Waals surface area contributed by atoms with E-state index in [4.69, 9.17) is 4.74 Å². The van der Waals surface area contributed by atoms with Crippen LogP contribution in [-0.4, -0.2) is 44.3 Å². The summed E-state index contributed by atoms with van der Waals surface area (Å²) in [6, 6.07) is 3.58. The molecule has 1 aromatic carbocycles. The molecule has 0 radical (unpaired) electrons. The van der Waals surface area contributed by atoms with Gasteiger partial charge in [-0.05, 0) is 56.5 Å². The highest BCUT2D eigenvalue weighted by molar-refractivity contribution is 7.89. The summed E-state index contributed by atoms with van der Waals surface area (Å²) in [5.74, 6) is -1.62. The number of sulfonamides is 1. The molecule has 1 unspecified atom stereocenters. The van der Waals surface area contributed by atoms with Crippen molar-refractivity contribution in [1.82, 2.24) is 4.31 Å². The van der Waals surface area contributed by atoms with Crippen molar-refractivity contribution in [2.75, 3.05) is 19.0 Å². The number of anilines is 1. The molecule has 1 aliphatic rings. The second-order valence-corrected chi connectivity index (χ2v) is 9.81. The van der Waals surface area contributed by atoms with Crippen LogP contribution in [0.15, 0.2) is 29.2 Å². The Morgan fingerprint density at radius 1 is 1.24 bits per heavy atom. The summed E-state index contributed by atoms with van der Waals surface area (Å²) >= 11 is 1.24. The average molecular weight is 441 g/mol. The second kappa shape index (κ2) is 8.21. The highest BCUT2D eigenvalue weighted by atomic mass is 32.2. The van der Waals surface area contributed by atoms with Gasteiger partial charge in [0.2, 0.25) is 15.9 Å². The van der Waals surface area contributed by atoms with Gasteiger partial charge in [0, 0.05) is 11.4 Å². The van der Waals surface area contributed by atoms with Crippen molar-refractivity contribution >= 4 is 38.2 Å². The van der Waals surface area contributed by atoms with Crippen molar-refractivity contribution in [3.63, 3.8) is 0 Å². The normalized spacial score (nSPS) is 17.3. The van der Waals surface area contributed by atoms with Gasteiger partial charge in [-0.3, -0.25) is 4.79 Å². The standard InChI is InChI=1S/C19H21FN2O5S2/c1-11-12(2)28-18(16(11)19(24)27-3)21-17(23)15-5-4-10-22(15)29(25,26)14-8-6-13(20)7-9-14/h6-9,15H,4-5,10H2,1-3H3,(H,21,23). The predicted octanol–water partition coefficient (Wildman–Crippen LogP) is 3.08. The minimum Gasteiger partial charge on any atom is -0.465 e. The molecule has 3 rings (SSSR count). The molecule has 0 bridgehead atoms. The quantitative estimate of drug-likeness (QED) is 0.722. The summed E-state index contributed by atoms with van der Waals surface area (Å²) in [6.07, 6.45) is 0.869. The van der Waals surface area contributed by atoms with Crippen LogP contribution in [-0.2, 0) is 19.6 Å². The number of methoxy groups -OCH3 is 1. The molecule has 1 atom stereocenters. The van der Waals surface area contributed by atoms with Crippen LogP contribution >= 0.6 is 11.3 Å². The smallest absolute Gasteiger partial charge is 0.341 e. The van der Waals surface area contributed by atoms with E-state index in [0.717, 1.165) is 21.3 Å². The maximum absolute atomic E-state index is 13.2. The number of hydrogen-bond acceptors (Lipinski definition) is 6. The number of carbonyl (C=O) groups is 2. The Balaban J connectivity index is 1.87. The van der Waals surface area contributed by atoms with E-state index in [9.17, 15) is 22.4 Å². The zero-order valence-corrected chi connectivity index (χ0v) is 17.8. The Morgan fingerprint density at radius 2 is 1.90 bits per heavy atom. The van der Waals surface area contributed by atoms with Crippen LogP contribution in [0.1, 0.15) is 33.6 Å². The molecule has 156 valence electrons. The van der Waals surface area contributed by atoms with E-state index in [-0.39, 0.29) is 17.0 Å². The van der Waals surface area contributed by atoms with E-state index in [1.165, 1.54) is 30.6 Å². The first kappa shape index (κ1) is 21.4. The summed E-state index contributed by atoms with van der Waals surface area (Å²) in [6.45, 7) is 3.77. The van der Waals surface area contributed by atoms with E-state index >= 15 is 0 Å². The van der Waals surface area contributed by atoms with Crippen LogP contribution in [0.4, 0.5) is 9.39 Å². The van der Waals surface area contributed by atoms with Crippen molar-refractivity contribution < 1.29 is 27.1 Å². The molecule has 0 spiro atoms. The van der Waals surface area contributed by atoms with E-state index in [0.29, 0.717) is 23.4 Å². The van der Waals surface area contributed by atoms with Crippen LogP contribution in [0.25, 0.3) is 0 Å². The van der Waals surface area contributed by atoms with Crippen LogP contribution in [0.3, 0.4) is 0 Å². The predicted molar refractivity (Wildman–Crippen MR) is 107 cm³/mol. The first-order chi connectivity index (χ1) is 13.7. The van der Waals surface area contributed by atoms with Gasteiger partial charge in [-0.25, -0.2) is 17.6 Å². The number of nitrogens with zero attached hydrogens (tertiary/aromatic N) is 1. The summed E-state index contributed by atoms with van der Waals surface area (Å²) in [5.41, 5.74) is 0.980. The average Bonchev–Trinajstić information content (AvgIpc) is 3.28. The third kappa shape index (κ3) is 4.05. The van der Waals surface area contributed by atoms with Gasteiger partial charge >= 0.3 is 5.97 Å². The zero-order valence-electron chi connectivity index (χ0n) is 16.2. The lowest BCUT2D eigenvalue weighted by atomic mass is 10.1. The van der Waals surface area contributed by atoms with Gasteiger partial charge in [0.1, 0.15) is 16.9 Å². The number of rotatable bonds is 5. The highest BCUT2D eigenvalue weighted by Gasteiger charge is 2.40. The number of nitrogens with one attached hydrogen (secondary N) is 1. The van der Waals surface area contributed by atoms with Gasteiger partial charge < -0.3 is 10.1 Å². The molecule has 29 heavy (non-hydrogen) atoms. The Hall–Kier alpha value is -2.30. The summed E-state index contributed by atoms with van der Waals surface area (Å²) in [4.78, 5) is 25.8. The van der Waals surface area contributed by atoms with Gasteiger partial charge in [-0.1, -0.05) is 0 Å². The Labute approximate surface area is 172 Å². The SMILES string of the molecule is COC(=O)c1c(NC(=O)C2CCCN2S(=O)(=O)c2ccc(F)cc2)sc(C)c1C. The van der Waals surface area contributed by atoms with Gasteiger partial charge in [0.25, 0.3) is 0 Å². The molecular weight excluding hydrogens is 419 g/mol. The monoisotopic (exact) mass is 440 g/mol. The van der Waals surface area contributed by atoms with E-state index < -0.39 is 33.8 Å². The van der Waals surface area contributed by atoms with E-state index in [1.54, 1.807) is 6.92 Å². The number of aryl methyl sites for hydroxylation is 1. The molecule has 2 heterocycles. The summed E-state index contributed by atoms with van der Waals surface area (Å²) in [7, 11) is -2.70. The van der Waals surface area contributed by atoms with Crippen LogP contribution in [0.5, 0.6) is 0 Å². The Morgan fingerprint density at radius 3 is 2.52 bits per heavy atom. The lowest BCUT2D eigenvalue weighted by Gasteiger charge is -2.23. The minimum atomic E-state index is -3.96. The molecule has 7 nitrogen and oxygen atoms in total. The minimum absolute atomic E-state index is 0.0725. The third-order valence-corrected chi connectivity index (χ3v) is 7.98. The van der Waals surface area contributed by atoms with Crippen molar-refractivity contribution in [3.05, 3.63) is 46.1 Å². The number of amides is 1. The molecule has 2 aromatic rings. The summed E-state index contributed by atoms with van der Waals surface area (Å²) < 4.78 is 45.0. The number of hydrogen-bond donors (Lipinski definition) is 1. The van der Waals surface area contributed by atoms with Gasteiger partial charge in [-0.15, -0.1) is 11.3 Å². The largest absolute Gasteiger partial charge is 0.465 e. The van der Waals surface area contributed by atoms with Crippen molar-refractivity contribution in [3.8, 4) is 0 Å².